The predicted octanol–water partition coefficient (Wildman–Crippen LogP) is -0.799. The maximum atomic E-state index is 11.6. The number of hydrogen-bond donors (Lipinski definition) is 2. The second-order valence-electron chi connectivity index (χ2n) is 3.93. The van der Waals surface area contributed by atoms with Gasteiger partial charge in [-0.2, -0.15) is 0 Å². The molecule has 0 saturated heterocycles. The first-order valence-corrected chi connectivity index (χ1v) is 6.01. The van der Waals surface area contributed by atoms with Crippen LogP contribution in [0.5, 0.6) is 0 Å². The average Bonchev–Trinajstić information content (AvgIpc) is 2.87. The van der Waals surface area contributed by atoms with Crippen LogP contribution < -0.4 is 5.32 Å². The van der Waals surface area contributed by atoms with Crippen molar-refractivity contribution in [3.05, 3.63) is 0 Å². The van der Waals surface area contributed by atoms with Gasteiger partial charge in [-0.15, -0.1) is 0 Å². The third-order valence-electron chi connectivity index (χ3n) is 2.74. The van der Waals surface area contributed by atoms with Crippen molar-refractivity contribution in [2.24, 2.45) is 5.16 Å². The first kappa shape index (κ1) is 14.9. The highest BCUT2D eigenvalue weighted by Gasteiger charge is 2.31. The minimum Gasteiger partial charge on any atom is -0.477 e. The van der Waals surface area contributed by atoms with Gasteiger partial charge in [0.1, 0.15) is 0 Å². The van der Waals surface area contributed by atoms with Crippen molar-refractivity contribution in [1.29, 1.82) is 0 Å². The molecule has 0 aromatic rings. The molecule has 19 heavy (non-hydrogen) atoms. The van der Waals surface area contributed by atoms with Gasteiger partial charge in [0, 0.05) is 19.5 Å². The Kier molecular flexibility index (Phi) is 5.28. The van der Waals surface area contributed by atoms with E-state index in [9.17, 15) is 14.4 Å². The molecule has 2 N–H and O–H groups in total. The number of rotatable bonds is 6. The fourth-order valence-electron chi connectivity index (χ4n) is 1.61. The summed E-state index contributed by atoms with van der Waals surface area (Å²) in [7, 11) is 0. The van der Waals surface area contributed by atoms with Crippen LogP contribution in [-0.4, -0.2) is 59.2 Å². The number of nitrogens with one attached hydrogen (secondary N) is 1. The van der Waals surface area contributed by atoms with E-state index in [-0.39, 0.29) is 24.6 Å². The van der Waals surface area contributed by atoms with Gasteiger partial charge >= 0.3 is 5.97 Å². The lowest BCUT2D eigenvalue weighted by Crippen LogP contribution is -2.43. The minimum atomic E-state index is -1.21. The lowest BCUT2D eigenvalue weighted by molar-refractivity contribution is -0.136. The van der Waals surface area contributed by atoms with Gasteiger partial charge in [0.2, 0.25) is 12.0 Å². The van der Waals surface area contributed by atoms with Gasteiger partial charge < -0.3 is 20.2 Å². The normalized spacial score (nSPS) is 17.4. The van der Waals surface area contributed by atoms with Crippen molar-refractivity contribution in [3.8, 4) is 0 Å². The van der Waals surface area contributed by atoms with Gasteiger partial charge in [0.15, 0.2) is 5.71 Å². The summed E-state index contributed by atoms with van der Waals surface area (Å²) in [6, 6.07) is 0. The van der Waals surface area contributed by atoms with E-state index in [0.29, 0.717) is 13.1 Å². The molecule has 0 fully saturated rings. The molecule has 1 aliphatic heterocycles. The predicted molar refractivity (Wildman–Crippen MR) is 65.5 cm³/mol. The number of oxime groups is 1. The van der Waals surface area contributed by atoms with Crippen molar-refractivity contribution in [3.63, 3.8) is 0 Å². The highest BCUT2D eigenvalue weighted by atomic mass is 16.6. The summed E-state index contributed by atoms with van der Waals surface area (Å²) >= 11 is 0. The average molecular weight is 271 g/mol. The van der Waals surface area contributed by atoms with Gasteiger partial charge in [-0.1, -0.05) is 5.16 Å². The molecule has 1 heterocycles. The molecule has 0 aliphatic carbocycles. The van der Waals surface area contributed by atoms with Crippen molar-refractivity contribution in [1.82, 2.24) is 10.2 Å². The van der Waals surface area contributed by atoms with Crippen LogP contribution in [0.1, 0.15) is 20.3 Å². The van der Waals surface area contributed by atoms with Crippen LogP contribution in [0.15, 0.2) is 5.16 Å². The van der Waals surface area contributed by atoms with E-state index in [4.69, 9.17) is 9.94 Å². The molecule has 0 bridgehead atoms. The molecule has 1 rings (SSSR count). The van der Waals surface area contributed by atoms with E-state index in [1.54, 1.807) is 4.90 Å². The Morgan fingerprint density at radius 2 is 2.05 bits per heavy atom. The molecule has 2 amide bonds. The highest BCUT2D eigenvalue weighted by molar-refractivity contribution is 6.36. The van der Waals surface area contributed by atoms with E-state index < -0.39 is 18.0 Å². The van der Waals surface area contributed by atoms with Gasteiger partial charge in [-0.25, -0.2) is 4.79 Å². The third-order valence-corrected chi connectivity index (χ3v) is 2.74. The Labute approximate surface area is 110 Å². The Balaban J connectivity index is 2.38. The molecule has 0 aromatic heterocycles. The van der Waals surface area contributed by atoms with Gasteiger partial charge in [0.25, 0.3) is 5.91 Å². The van der Waals surface area contributed by atoms with Crippen LogP contribution in [0.2, 0.25) is 0 Å². The molecular weight excluding hydrogens is 254 g/mol. The molecule has 0 aromatic carbocycles. The van der Waals surface area contributed by atoms with Gasteiger partial charge in [-0.05, 0) is 13.8 Å². The van der Waals surface area contributed by atoms with E-state index in [1.165, 1.54) is 0 Å². The minimum absolute atomic E-state index is 0.0966. The Morgan fingerprint density at radius 3 is 2.53 bits per heavy atom. The fourth-order valence-corrected chi connectivity index (χ4v) is 1.61. The number of hydrogen-bond acceptors (Lipinski definition) is 5. The maximum absolute atomic E-state index is 11.6. The van der Waals surface area contributed by atoms with Crippen molar-refractivity contribution in [2.75, 3.05) is 19.6 Å². The SMILES string of the molecule is CCN(CC)C(=O)CNC(=O)C1CC(C(=O)O)=NO1. The molecule has 0 radical (unpaired) electrons. The lowest BCUT2D eigenvalue weighted by atomic mass is 10.2. The Hall–Kier alpha value is -2.12. The lowest BCUT2D eigenvalue weighted by Gasteiger charge is -2.19. The molecule has 0 spiro atoms. The first-order valence-electron chi connectivity index (χ1n) is 6.01. The molecule has 0 saturated carbocycles. The highest BCUT2D eigenvalue weighted by Crippen LogP contribution is 2.10. The molecule has 1 unspecified atom stereocenters. The fraction of sp³-hybridized carbons (Fsp3) is 0.636. The topological polar surface area (TPSA) is 108 Å². The van der Waals surface area contributed by atoms with Gasteiger partial charge in [-0.3, -0.25) is 9.59 Å². The van der Waals surface area contributed by atoms with E-state index in [1.807, 2.05) is 13.8 Å². The molecular formula is C11H17N3O5. The van der Waals surface area contributed by atoms with E-state index in [2.05, 4.69) is 10.5 Å². The number of amides is 2. The summed E-state index contributed by atoms with van der Waals surface area (Å²) in [5, 5.41) is 14.4. The van der Waals surface area contributed by atoms with Crippen molar-refractivity contribution < 1.29 is 24.3 Å². The van der Waals surface area contributed by atoms with Crippen LogP contribution in [0, 0.1) is 0 Å². The smallest absolute Gasteiger partial charge is 0.353 e. The summed E-state index contributed by atoms with van der Waals surface area (Å²) in [4.78, 5) is 40.2. The largest absolute Gasteiger partial charge is 0.477 e. The number of carboxylic acid groups (broad SMARTS) is 1. The van der Waals surface area contributed by atoms with Crippen molar-refractivity contribution >= 4 is 23.5 Å². The Morgan fingerprint density at radius 1 is 1.42 bits per heavy atom. The van der Waals surface area contributed by atoms with Crippen LogP contribution in [0.25, 0.3) is 0 Å². The maximum Gasteiger partial charge on any atom is 0.353 e. The summed E-state index contributed by atoms with van der Waals surface area (Å²) in [6.45, 7) is 4.68. The standard InChI is InChI=1S/C11H17N3O5/c1-3-14(4-2)9(15)6-12-10(16)8-5-7(11(17)18)13-19-8/h8H,3-6H2,1-2H3,(H,12,16)(H,17,18). The summed E-state index contributed by atoms with van der Waals surface area (Å²) in [5.74, 6) is -1.95. The second kappa shape index (κ2) is 6.72. The Bertz CT molecular complexity index is 403. The number of carbonyl (C=O) groups excluding carboxylic acids is 2. The zero-order valence-electron chi connectivity index (χ0n) is 10.9. The molecule has 1 atom stereocenters. The molecule has 8 nitrogen and oxygen atoms in total. The van der Waals surface area contributed by atoms with Crippen LogP contribution in [0.4, 0.5) is 0 Å². The molecule has 8 heteroatoms. The van der Waals surface area contributed by atoms with E-state index >= 15 is 0 Å². The van der Waals surface area contributed by atoms with Crippen LogP contribution >= 0.6 is 0 Å². The third kappa shape index (κ3) is 3.94. The summed E-state index contributed by atoms with van der Waals surface area (Å²) < 4.78 is 0. The number of carbonyl (C=O) groups is 3. The number of aliphatic carboxylic acids is 1. The zero-order valence-corrected chi connectivity index (χ0v) is 10.9. The first-order chi connectivity index (χ1) is 8.99. The molecule has 106 valence electrons. The zero-order chi connectivity index (χ0) is 14.4. The number of likely N-dealkylation sites (N-methyl/N-ethyl adjacent to an activating group) is 1. The second-order valence-corrected chi connectivity index (χ2v) is 3.93. The van der Waals surface area contributed by atoms with Crippen molar-refractivity contribution in [2.45, 2.75) is 26.4 Å². The summed E-state index contributed by atoms with van der Waals surface area (Å²) in [5.41, 5.74) is -0.199. The van der Waals surface area contributed by atoms with Gasteiger partial charge in [0.05, 0.1) is 6.54 Å². The number of nitrogens with zero attached hydrogens (tertiary/aromatic N) is 2. The van der Waals surface area contributed by atoms with Crippen LogP contribution in [-0.2, 0) is 19.2 Å². The monoisotopic (exact) mass is 271 g/mol. The molecule has 1 aliphatic rings. The van der Waals surface area contributed by atoms with E-state index in [0.717, 1.165) is 0 Å². The quantitative estimate of drug-likeness (QED) is 0.657. The summed E-state index contributed by atoms with van der Waals surface area (Å²) in [6.07, 6.45) is -1.07. The van der Waals surface area contributed by atoms with Crippen LogP contribution in [0.3, 0.4) is 0 Å². The number of carboxylic acids is 1.